The molecule has 1 saturated heterocycles. The zero-order chi connectivity index (χ0) is 54.7. The molecular formula is C64H115NO10. The van der Waals surface area contributed by atoms with E-state index in [-0.39, 0.29) is 19.4 Å². The number of unbranched alkanes of at least 4 members (excludes halogenated alkanes) is 33. The maximum atomic E-state index is 13.4. The summed E-state index contributed by atoms with van der Waals surface area (Å²) in [6.45, 7) is 5.63. The summed E-state index contributed by atoms with van der Waals surface area (Å²) in [4.78, 5) is 26.5. The number of rotatable bonds is 52. The fraction of sp³-hybridized carbons (Fsp3) is 0.812. The van der Waals surface area contributed by atoms with Crippen molar-refractivity contribution in [1.82, 2.24) is 5.32 Å². The van der Waals surface area contributed by atoms with Crippen molar-refractivity contribution >= 4 is 11.9 Å². The summed E-state index contributed by atoms with van der Waals surface area (Å²) in [6.07, 6.45) is 54.2. The van der Waals surface area contributed by atoms with Crippen LogP contribution in [0.2, 0.25) is 0 Å². The molecule has 0 spiro atoms. The van der Waals surface area contributed by atoms with Gasteiger partial charge in [-0.3, -0.25) is 9.59 Å². The van der Waals surface area contributed by atoms with Gasteiger partial charge in [-0.1, -0.05) is 281 Å². The first kappa shape index (κ1) is 70.4. The van der Waals surface area contributed by atoms with Gasteiger partial charge in [-0.2, -0.15) is 0 Å². The number of carbonyl (C=O) groups is 2. The van der Waals surface area contributed by atoms with Gasteiger partial charge in [0.05, 0.1) is 25.4 Å². The maximum Gasteiger partial charge on any atom is 0.306 e. The highest BCUT2D eigenvalue weighted by Gasteiger charge is 2.47. The largest absolute Gasteiger partial charge is 0.454 e. The van der Waals surface area contributed by atoms with Gasteiger partial charge in [0.25, 0.3) is 0 Å². The molecule has 0 aromatic heterocycles. The molecular weight excluding hydrogens is 943 g/mol. The molecule has 1 amide bonds. The molecule has 8 unspecified atom stereocenters. The molecule has 75 heavy (non-hydrogen) atoms. The van der Waals surface area contributed by atoms with Crippen LogP contribution in [0.1, 0.15) is 271 Å². The van der Waals surface area contributed by atoms with Crippen LogP contribution in [0.5, 0.6) is 0 Å². The van der Waals surface area contributed by atoms with Gasteiger partial charge < -0.3 is 45.1 Å². The van der Waals surface area contributed by atoms with Gasteiger partial charge in [-0.15, -0.1) is 0 Å². The van der Waals surface area contributed by atoms with E-state index in [4.69, 9.17) is 14.2 Å². The normalized spacial score (nSPS) is 19.6. The molecule has 1 fully saturated rings. The smallest absolute Gasteiger partial charge is 0.306 e. The van der Waals surface area contributed by atoms with E-state index in [2.05, 4.69) is 32.2 Å². The Morgan fingerprint density at radius 1 is 0.533 bits per heavy atom. The molecule has 11 nitrogen and oxygen atoms in total. The second-order valence-corrected chi connectivity index (χ2v) is 21.5. The van der Waals surface area contributed by atoms with E-state index in [1.165, 1.54) is 167 Å². The third-order valence-electron chi connectivity index (χ3n) is 14.5. The summed E-state index contributed by atoms with van der Waals surface area (Å²) < 4.78 is 17.6. The quantitative estimate of drug-likeness (QED) is 0.0149. The molecule has 0 radical (unpaired) electrons. The van der Waals surface area contributed by atoms with Crippen LogP contribution in [0.15, 0.2) is 60.8 Å². The van der Waals surface area contributed by atoms with E-state index in [0.717, 1.165) is 57.8 Å². The standard InChI is InChI=1S/C64H115NO10/c1-4-7-10-13-16-19-22-25-26-27-28-29-30-31-32-34-37-40-43-46-49-52-59(69)75-62-61(71)60(70)58(53-66)74-64(62)73-54-55(56(67)50-47-44-41-38-36-33-23-20-17-14-11-8-5-2)65-63(72)57(68)51-48-45-42-39-35-24-21-18-15-12-9-6-3/h9,12,15,18,21,24,35,39,47,50,55-58,60-62,64,66-68,70-71H,4-8,10-11,13-14,16-17,19-20,22-23,25-34,36-38,40-46,48-49,51-54H2,1-3H3,(H,65,72)/b12-9+,18-15+,24-21-,39-35-,50-47+. The van der Waals surface area contributed by atoms with Gasteiger partial charge in [0.2, 0.25) is 5.91 Å². The number of amides is 1. The highest BCUT2D eigenvalue weighted by molar-refractivity contribution is 5.80. The van der Waals surface area contributed by atoms with Crippen molar-refractivity contribution in [3.63, 3.8) is 0 Å². The number of hydrogen-bond donors (Lipinski definition) is 6. The van der Waals surface area contributed by atoms with Gasteiger partial charge in [-0.25, -0.2) is 0 Å². The third kappa shape index (κ3) is 40.2. The summed E-state index contributed by atoms with van der Waals surface area (Å²) in [5.74, 6) is -1.23. The van der Waals surface area contributed by atoms with Crippen molar-refractivity contribution in [3.8, 4) is 0 Å². The molecule has 0 aliphatic carbocycles. The molecule has 0 aromatic carbocycles. The van der Waals surface area contributed by atoms with Crippen molar-refractivity contribution in [2.45, 2.75) is 320 Å². The second kappa shape index (κ2) is 52.1. The molecule has 1 rings (SSSR count). The minimum absolute atomic E-state index is 0.121. The number of ether oxygens (including phenoxy) is 3. The van der Waals surface area contributed by atoms with E-state index in [1.54, 1.807) is 6.08 Å². The van der Waals surface area contributed by atoms with Crippen molar-refractivity contribution < 1.29 is 49.3 Å². The Morgan fingerprint density at radius 2 is 0.960 bits per heavy atom. The van der Waals surface area contributed by atoms with E-state index in [9.17, 15) is 35.1 Å². The molecule has 0 aromatic rings. The van der Waals surface area contributed by atoms with Crippen LogP contribution in [-0.2, 0) is 23.8 Å². The number of aliphatic hydroxyl groups excluding tert-OH is 5. The molecule has 11 heteroatoms. The first-order valence-corrected chi connectivity index (χ1v) is 31.1. The SMILES string of the molecule is CC/C=C/C=C/C=C\C=C/CCCCC(O)C(=O)NC(COC1OC(CO)C(O)C(O)C1OC(=O)CCCCCCCCCCCCCCCCCCCCCCC)C(O)/C=C/CCCCCCCCCCCCC. The molecule has 1 aliphatic rings. The Hall–Kier alpha value is -2.64. The van der Waals surface area contributed by atoms with Crippen molar-refractivity contribution in [3.05, 3.63) is 60.8 Å². The van der Waals surface area contributed by atoms with Gasteiger partial charge in [0, 0.05) is 6.42 Å². The van der Waals surface area contributed by atoms with Crippen LogP contribution in [0.3, 0.4) is 0 Å². The number of allylic oxidation sites excluding steroid dienone is 9. The number of esters is 1. The summed E-state index contributed by atoms with van der Waals surface area (Å²) in [5.41, 5.74) is 0. The Kier molecular flexibility index (Phi) is 48.9. The first-order valence-electron chi connectivity index (χ1n) is 31.1. The predicted molar refractivity (Wildman–Crippen MR) is 310 cm³/mol. The number of carbonyl (C=O) groups excluding carboxylic acids is 2. The summed E-state index contributed by atoms with van der Waals surface area (Å²) in [7, 11) is 0. The fourth-order valence-corrected chi connectivity index (χ4v) is 9.60. The van der Waals surface area contributed by atoms with Crippen LogP contribution < -0.4 is 5.32 Å². The van der Waals surface area contributed by atoms with Gasteiger partial charge in [0.15, 0.2) is 12.4 Å². The average molecular weight is 1060 g/mol. The third-order valence-corrected chi connectivity index (χ3v) is 14.5. The molecule has 0 bridgehead atoms. The Morgan fingerprint density at radius 3 is 1.44 bits per heavy atom. The van der Waals surface area contributed by atoms with Crippen LogP contribution in [0, 0.1) is 0 Å². The van der Waals surface area contributed by atoms with Crippen molar-refractivity contribution in [2.75, 3.05) is 13.2 Å². The summed E-state index contributed by atoms with van der Waals surface area (Å²) in [6, 6.07) is -1.04. The predicted octanol–water partition coefficient (Wildman–Crippen LogP) is 14.6. The van der Waals surface area contributed by atoms with Crippen LogP contribution >= 0.6 is 0 Å². The van der Waals surface area contributed by atoms with Crippen LogP contribution in [0.25, 0.3) is 0 Å². The number of hydrogen-bond acceptors (Lipinski definition) is 10. The first-order chi connectivity index (χ1) is 36.7. The van der Waals surface area contributed by atoms with Crippen molar-refractivity contribution in [2.24, 2.45) is 0 Å². The van der Waals surface area contributed by atoms with Crippen molar-refractivity contribution in [1.29, 1.82) is 0 Å². The maximum absolute atomic E-state index is 13.4. The minimum Gasteiger partial charge on any atom is -0.454 e. The summed E-state index contributed by atoms with van der Waals surface area (Å²) in [5, 5.41) is 56.9. The molecule has 8 atom stereocenters. The van der Waals surface area contributed by atoms with Gasteiger partial charge >= 0.3 is 5.97 Å². The lowest BCUT2D eigenvalue weighted by Crippen LogP contribution is -2.61. The molecule has 0 saturated carbocycles. The fourth-order valence-electron chi connectivity index (χ4n) is 9.60. The van der Waals surface area contributed by atoms with Crippen LogP contribution in [-0.4, -0.2) is 99.6 Å². The van der Waals surface area contributed by atoms with E-state index in [0.29, 0.717) is 12.8 Å². The topological polar surface area (TPSA) is 175 Å². The summed E-state index contributed by atoms with van der Waals surface area (Å²) >= 11 is 0. The number of aliphatic hydroxyl groups is 5. The highest BCUT2D eigenvalue weighted by atomic mass is 16.7. The molecule has 436 valence electrons. The van der Waals surface area contributed by atoms with E-state index in [1.807, 2.05) is 48.6 Å². The minimum atomic E-state index is -1.62. The highest BCUT2D eigenvalue weighted by Crippen LogP contribution is 2.26. The van der Waals surface area contributed by atoms with Crippen LogP contribution in [0.4, 0.5) is 0 Å². The lowest BCUT2D eigenvalue weighted by atomic mass is 9.99. The lowest BCUT2D eigenvalue weighted by Gasteiger charge is -2.41. The zero-order valence-corrected chi connectivity index (χ0v) is 48.2. The second-order valence-electron chi connectivity index (χ2n) is 21.5. The zero-order valence-electron chi connectivity index (χ0n) is 48.2. The average Bonchev–Trinajstić information content (AvgIpc) is 3.41. The monoisotopic (exact) mass is 1060 g/mol. The van der Waals surface area contributed by atoms with Gasteiger partial charge in [-0.05, 0) is 44.9 Å². The lowest BCUT2D eigenvalue weighted by molar-refractivity contribution is -0.305. The van der Waals surface area contributed by atoms with Gasteiger partial charge in [0.1, 0.15) is 24.4 Å². The number of nitrogens with one attached hydrogen (secondary N) is 1. The molecule has 1 heterocycles. The molecule has 1 aliphatic heterocycles. The van der Waals surface area contributed by atoms with E-state index < -0.39 is 67.4 Å². The Balaban J connectivity index is 2.66. The Bertz CT molecular complexity index is 1450. The molecule has 6 N–H and O–H groups in total. The Labute approximate surface area is 458 Å². The van der Waals surface area contributed by atoms with E-state index >= 15 is 0 Å².